The van der Waals surface area contributed by atoms with Crippen LogP contribution < -0.4 is 24.8 Å². The van der Waals surface area contributed by atoms with Crippen molar-refractivity contribution in [2.24, 2.45) is 5.41 Å². The predicted molar refractivity (Wildman–Crippen MR) is 121 cm³/mol. The van der Waals surface area contributed by atoms with E-state index in [2.05, 4.69) is 22.5 Å². The molecule has 8 nitrogen and oxygen atoms in total. The molecule has 1 aliphatic carbocycles. The van der Waals surface area contributed by atoms with Gasteiger partial charge in [0.15, 0.2) is 0 Å². The number of hydrogen-bond donors (Lipinski definition) is 2. The summed E-state index contributed by atoms with van der Waals surface area (Å²) < 4.78 is 44.3. The van der Waals surface area contributed by atoms with Crippen LogP contribution in [0.1, 0.15) is 30.1 Å². The second kappa shape index (κ2) is 8.75. The van der Waals surface area contributed by atoms with E-state index in [0.717, 1.165) is 25.9 Å². The number of nitrogens with one attached hydrogen (secondary N) is 2. The third kappa shape index (κ3) is 4.50. The molecule has 2 aromatic heterocycles. The lowest BCUT2D eigenvalue weighted by Crippen LogP contribution is -2.54. The van der Waals surface area contributed by atoms with Crippen LogP contribution in [0.2, 0.25) is 0 Å². The molecule has 0 atom stereocenters. The molecule has 5 rings (SSSR count). The second-order valence-corrected chi connectivity index (χ2v) is 9.11. The summed E-state index contributed by atoms with van der Waals surface area (Å²) in [7, 11) is 1.38. The van der Waals surface area contributed by atoms with Crippen molar-refractivity contribution in [3.8, 4) is 28.5 Å². The first-order valence-corrected chi connectivity index (χ1v) is 11.1. The number of pyridine rings is 1. The van der Waals surface area contributed by atoms with Crippen LogP contribution in [-0.2, 0) is 0 Å². The number of halogens is 2. The number of nitrogens with zero attached hydrogens (tertiary/aromatic N) is 2. The van der Waals surface area contributed by atoms with E-state index in [4.69, 9.17) is 14.2 Å². The molecular formula is C24H26F2N4O4. The SMILES string of the molecule is COc1cc(-c2cnc3cc(OCC4(C)CNC4)ccn23)cc(OC(F)F)c1C(=O)NC1CC1. The molecule has 2 fully saturated rings. The monoisotopic (exact) mass is 472 g/mol. The Labute approximate surface area is 195 Å². The number of ether oxygens (including phenoxy) is 3. The van der Waals surface area contributed by atoms with Crippen molar-refractivity contribution in [2.45, 2.75) is 32.4 Å². The molecule has 1 aliphatic heterocycles. The molecule has 1 saturated carbocycles. The first-order chi connectivity index (χ1) is 16.3. The molecule has 0 unspecified atom stereocenters. The van der Waals surface area contributed by atoms with Crippen LogP contribution in [0.5, 0.6) is 17.2 Å². The van der Waals surface area contributed by atoms with Crippen molar-refractivity contribution < 1.29 is 27.8 Å². The van der Waals surface area contributed by atoms with Crippen LogP contribution in [0.4, 0.5) is 8.78 Å². The summed E-state index contributed by atoms with van der Waals surface area (Å²) in [4.78, 5) is 17.2. The number of benzene rings is 1. The van der Waals surface area contributed by atoms with Crippen molar-refractivity contribution in [1.82, 2.24) is 20.0 Å². The highest BCUT2D eigenvalue weighted by Crippen LogP contribution is 2.37. The van der Waals surface area contributed by atoms with Crippen molar-refractivity contribution in [3.05, 3.63) is 42.2 Å². The highest BCUT2D eigenvalue weighted by Gasteiger charge is 2.32. The third-order valence-electron chi connectivity index (χ3n) is 6.11. The molecular weight excluding hydrogens is 446 g/mol. The van der Waals surface area contributed by atoms with Crippen molar-refractivity contribution in [3.63, 3.8) is 0 Å². The van der Waals surface area contributed by atoms with Crippen LogP contribution in [0.25, 0.3) is 16.9 Å². The van der Waals surface area contributed by atoms with Crippen LogP contribution in [0.15, 0.2) is 36.7 Å². The van der Waals surface area contributed by atoms with Crippen LogP contribution in [-0.4, -0.2) is 54.8 Å². The van der Waals surface area contributed by atoms with Crippen LogP contribution >= 0.6 is 0 Å². The number of carbonyl (C=O) groups excluding carboxylic acids is 1. The standard InChI is InChI=1S/C24H26F2N4O4/c1-24(11-27-12-24)13-33-16-5-6-30-17(10-28-20(30)9-16)14-7-18(32-2)21(19(8-14)34-23(25)26)22(31)29-15-3-4-15/h5-10,15,23,27H,3-4,11-13H2,1-2H3,(H,29,31). The number of hydrogen-bond acceptors (Lipinski definition) is 6. The van der Waals surface area contributed by atoms with Gasteiger partial charge in [0.1, 0.15) is 28.5 Å². The second-order valence-electron chi connectivity index (χ2n) is 9.11. The van der Waals surface area contributed by atoms with Gasteiger partial charge in [0.05, 0.1) is 25.6 Å². The molecule has 0 bridgehead atoms. The Hall–Kier alpha value is -3.40. The van der Waals surface area contributed by atoms with Gasteiger partial charge in [0.2, 0.25) is 0 Å². The van der Waals surface area contributed by atoms with Gasteiger partial charge in [-0.3, -0.25) is 9.20 Å². The maximum atomic E-state index is 13.2. The molecule has 10 heteroatoms. The molecule has 2 N–H and O–H groups in total. The predicted octanol–water partition coefficient (Wildman–Crippen LogP) is 3.49. The minimum absolute atomic E-state index is 0.0506. The quantitative estimate of drug-likeness (QED) is 0.496. The fraction of sp³-hybridized carbons (Fsp3) is 0.417. The lowest BCUT2D eigenvalue weighted by molar-refractivity contribution is -0.0502. The van der Waals surface area contributed by atoms with Gasteiger partial charge < -0.3 is 24.8 Å². The van der Waals surface area contributed by atoms with E-state index in [0.29, 0.717) is 29.3 Å². The van der Waals surface area contributed by atoms with Gasteiger partial charge >= 0.3 is 6.61 Å². The van der Waals surface area contributed by atoms with E-state index >= 15 is 0 Å². The van der Waals surface area contributed by atoms with Gasteiger partial charge in [-0.15, -0.1) is 0 Å². The Balaban J connectivity index is 1.48. The first kappa shape index (κ1) is 22.4. The number of imidazole rings is 1. The summed E-state index contributed by atoms with van der Waals surface area (Å²) in [6.45, 7) is 1.50. The lowest BCUT2D eigenvalue weighted by Gasteiger charge is -2.38. The summed E-state index contributed by atoms with van der Waals surface area (Å²) >= 11 is 0. The van der Waals surface area contributed by atoms with Crippen LogP contribution in [0.3, 0.4) is 0 Å². The minimum atomic E-state index is -3.10. The highest BCUT2D eigenvalue weighted by molar-refractivity contribution is 6.01. The summed E-state index contributed by atoms with van der Waals surface area (Å²) in [5, 5.41) is 6.05. The topological polar surface area (TPSA) is 86.1 Å². The largest absolute Gasteiger partial charge is 0.496 e. The summed E-state index contributed by atoms with van der Waals surface area (Å²) in [5.41, 5.74) is 1.85. The van der Waals surface area contributed by atoms with Gasteiger partial charge in [0.25, 0.3) is 5.91 Å². The zero-order valence-electron chi connectivity index (χ0n) is 18.9. The maximum absolute atomic E-state index is 13.2. The maximum Gasteiger partial charge on any atom is 0.387 e. The van der Waals surface area contributed by atoms with Gasteiger partial charge in [-0.1, -0.05) is 6.92 Å². The van der Waals surface area contributed by atoms with Crippen molar-refractivity contribution in [1.29, 1.82) is 0 Å². The van der Waals surface area contributed by atoms with E-state index in [9.17, 15) is 13.6 Å². The lowest BCUT2D eigenvalue weighted by atomic mass is 9.85. The number of alkyl halides is 2. The molecule has 1 aromatic carbocycles. The van der Waals surface area contributed by atoms with Crippen molar-refractivity contribution in [2.75, 3.05) is 26.8 Å². The molecule has 34 heavy (non-hydrogen) atoms. The molecule has 180 valence electrons. The van der Waals surface area contributed by atoms with E-state index in [1.54, 1.807) is 12.3 Å². The van der Waals surface area contributed by atoms with Gasteiger partial charge in [-0.25, -0.2) is 4.98 Å². The Morgan fingerprint density at radius 1 is 1.29 bits per heavy atom. The molecule has 0 spiro atoms. The molecule has 1 saturated heterocycles. The van der Waals surface area contributed by atoms with Gasteiger partial charge in [-0.05, 0) is 31.0 Å². The van der Waals surface area contributed by atoms with Gasteiger partial charge in [-0.2, -0.15) is 8.78 Å². The molecule has 2 aliphatic rings. The first-order valence-electron chi connectivity index (χ1n) is 11.1. The number of carbonyl (C=O) groups is 1. The Morgan fingerprint density at radius 2 is 2.06 bits per heavy atom. The molecule has 3 heterocycles. The Kier molecular flexibility index (Phi) is 5.76. The zero-order chi connectivity index (χ0) is 23.9. The Bertz CT molecular complexity index is 1220. The molecule has 0 radical (unpaired) electrons. The molecule has 3 aromatic rings. The molecule has 1 amide bonds. The summed E-state index contributed by atoms with van der Waals surface area (Å²) in [5.74, 6) is 0.0873. The fourth-order valence-electron chi connectivity index (χ4n) is 3.97. The number of fused-ring (bicyclic) bond motifs is 1. The van der Waals surface area contributed by atoms with Gasteiger partial charge in [0, 0.05) is 42.4 Å². The Morgan fingerprint density at radius 3 is 2.71 bits per heavy atom. The smallest absolute Gasteiger partial charge is 0.387 e. The van der Waals surface area contributed by atoms with Crippen LogP contribution in [0, 0.1) is 5.41 Å². The normalized spacial score (nSPS) is 16.9. The fourth-order valence-corrected chi connectivity index (χ4v) is 3.97. The number of amides is 1. The average Bonchev–Trinajstić information content (AvgIpc) is 3.50. The summed E-state index contributed by atoms with van der Waals surface area (Å²) in [6.07, 6.45) is 5.16. The minimum Gasteiger partial charge on any atom is -0.496 e. The van der Waals surface area contributed by atoms with E-state index in [-0.39, 0.29) is 28.5 Å². The average molecular weight is 472 g/mol. The number of methoxy groups -OCH3 is 1. The van der Waals surface area contributed by atoms with E-state index in [1.165, 1.54) is 13.2 Å². The highest BCUT2D eigenvalue weighted by atomic mass is 19.3. The zero-order valence-corrected chi connectivity index (χ0v) is 18.9. The van der Waals surface area contributed by atoms with E-state index < -0.39 is 12.5 Å². The number of rotatable bonds is 9. The number of aromatic nitrogens is 2. The van der Waals surface area contributed by atoms with E-state index in [1.807, 2.05) is 22.7 Å². The third-order valence-corrected chi connectivity index (χ3v) is 6.11. The van der Waals surface area contributed by atoms with Crippen molar-refractivity contribution >= 4 is 11.6 Å². The summed E-state index contributed by atoms with van der Waals surface area (Å²) in [6, 6.07) is 6.74.